The summed E-state index contributed by atoms with van der Waals surface area (Å²) < 4.78 is 1.77. The molecule has 2 aliphatic heterocycles. The van der Waals surface area contributed by atoms with Gasteiger partial charge in [0.2, 0.25) is 5.91 Å². The number of carbonyl (C=O) groups excluding carboxylic acids is 2. The Kier molecular flexibility index (Phi) is 5.59. The highest BCUT2D eigenvalue weighted by Crippen LogP contribution is 2.25. The number of piperazine rings is 1. The van der Waals surface area contributed by atoms with E-state index in [9.17, 15) is 9.59 Å². The predicted octanol–water partition coefficient (Wildman–Crippen LogP) is 2.05. The molecule has 1 atom stereocenters. The fourth-order valence-corrected chi connectivity index (χ4v) is 4.51. The summed E-state index contributed by atoms with van der Waals surface area (Å²) in [5.41, 5.74) is 4.03. The third-order valence-electron chi connectivity index (χ3n) is 6.44. The molecule has 32 heavy (non-hydrogen) atoms. The molecule has 0 aromatic carbocycles. The first-order chi connectivity index (χ1) is 15.6. The van der Waals surface area contributed by atoms with E-state index in [0.29, 0.717) is 19.0 Å². The van der Waals surface area contributed by atoms with Crippen LogP contribution in [-0.4, -0.2) is 69.1 Å². The Morgan fingerprint density at radius 1 is 1.09 bits per heavy atom. The molecule has 2 fully saturated rings. The number of aromatic nitrogens is 3. The highest BCUT2D eigenvalue weighted by atomic mass is 16.2. The molecule has 3 amide bonds. The van der Waals surface area contributed by atoms with Gasteiger partial charge in [0, 0.05) is 70.3 Å². The zero-order valence-electron chi connectivity index (χ0n) is 18.1. The first-order valence-electron chi connectivity index (χ1n) is 11.0. The van der Waals surface area contributed by atoms with Crippen LogP contribution in [0.15, 0.2) is 49.1 Å². The summed E-state index contributed by atoms with van der Waals surface area (Å²) in [5.74, 6) is -0.236. The van der Waals surface area contributed by atoms with Crippen molar-refractivity contribution in [2.45, 2.75) is 25.9 Å². The van der Waals surface area contributed by atoms with Crippen molar-refractivity contribution >= 4 is 23.1 Å². The average Bonchev–Trinajstić information content (AvgIpc) is 3.23. The van der Waals surface area contributed by atoms with Crippen molar-refractivity contribution in [1.29, 1.82) is 0 Å². The quantitative estimate of drug-likeness (QED) is 0.663. The number of fused-ring (bicyclic) bond motifs is 1. The number of anilines is 1. The van der Waals surface area contributed by atoms with Gasteiger partial charge in [-0.25, -0.2) is 9.31 Å². The van der Waals surface area contributed by atoms with E-state index in [-0.39, 0.29) is 11.9 Å². The van der Waals surface area contributed by atoms with Gasteiger partial charge in [0.15, 0.2) is 0 Å². The van der Waals surface area contributed by atoms with Crippen molar-refractivity contribution in [2.24, 2.45) is 0 Å². The van der Waals surface area contributed by atoms with Gasteiger partial charge >= 0.3 is 6.03 Å². The molecule has 3 aromatic rings. The van der Waals surface area contributed by atoms with Gasteiger partial charge in [-0.1, -0.05) is 6.07 Å². The van der Waals surface area contributed by atoms with Gasteiger partial charge in [-0.15, -0.1) is 0 Å². The molecule has 1 N–H and O–H groups in total. The Hall–Kier alpha value is -3.30. The Morgan fingerprint density at radius 2 is 1.94 bits per heavy atom. The molecule has 0 aliphatic carbocycles. The highest BCUT2D eigenvalue weighted by Gasteiger charge is 2.27. The summed E-state index contributed by atoms with van der Waals surface area (Å²) in [4.78, 5) is 34.6. The van der Waals surface area contributed by atoms with Gasteiger partial charge in [-0.3, -0.25) is 29.8 Å². The van der Waals surface area contributed by atoms with E-state index in [1.165, 1.54) is 11.1 Å². The monoisotopic (exact) mass is 433 g/mol. The first-order valence-corrected chi connectivity index (χ1v) is 11.0. The molecule has 0 spiro atoms. The molecule has 0 radical (unpaired) electrons. The normalized spacial score (nSPS) is 19.3. The van der Waals surface area contributed by atoms with E-state index in [0.717, 1.165) is 43.9 Å². The Balaban J connectivity index is 1.25. The molecule has 5 heterocycles. The summed E-state index contributed by atoms with van der Waals surface area (Å²) in [6.45, 7) is 7.48. The second-order valence-corrected chi connectivity index (χ2v) is 8.42. The lowest BCUT2D eigenvalue weighted by atomic mass is 10.1. The van der Waals surface area contributed by atoms with E-state index in [1.54, 1.807) is 15.6 Å². The molecule has 9 heteroatoms. The number of carbonyl (C=O) groups is 2. The van der Waals surface area contributed by atoms with Crippen LogP contribution in [0.1, 0.15) is 30.5 Å². The minimum Gasteiger partial charge on any atom is -0.297 e. The zero-order chi connectivity index (χ0) is 22.1. The predicted molar refractivity (Wildman–Crippen MR) is 120 cm³/mol. The first kappa shape index (κ1) is 20.6. The van der Waals surface area contributed by atoms with E-state index in [2.05, 4.69) is 50.3 Å². The average molecular weight is 434 g/mol. The lowest BCUT2D eigenvalue weighted by Crippen LogP contribution is -2.49. The van der Waals surface area contributed by atoms with Gasteiger partial charge in [-0.05, 0) is 36.2 Å². The Morgan fingerprint density at radius 3 is 2.69 bits per heavy atom. The van der Waals surface area contributed by atoms with Gasteiger partial charge < -0.3 is 0 Å². The molecule has 9 nitrogen and oxygen atoms in total. The number of urea groups is 1. The number of nitrogens with one attached hydrogen (secondary N) is 1. The van der Waals surface area contributed by atoms with Crippen LogP contribution in [0.2, 0.25) is 0 Å². The number of pyridine rings is 2. The SMILES string of the molecule is CC(c1cccnc1)N1CCN(Cc2ccn3ncc(N4CCC(=O)NC4=O)c3c2)CC1. The summed E-state index contributed by atoms with van der Waals surface area (Å²) in [6, 6.07) is 8.28. The minimum absolute atomic E-state index is 0.236. The van der Waals surface area contributed by atoms with Gasteiger partial charge in [-0.2, -0.15) is 5.10 Å². The number of amides is 3. The number of imide groups is 1. The number of hydrogen-bond donors (Lipinski definition) is 1. The zero-order valence-corrected chi connectivity index (χ0v) is 18.1. The number of nitrogens with zero attached hydrogens (tertiary/aromatic N) is 6. The molecule has 2 aliphatic rings. The maximum absolute atomic E-state index is 12.3. The van der Waals surface area contributed by atoms with Crippen LogP contribution in [0.4, 0.5) is 10.5 Å². The third-order valence-corrected chi connectivity index (χ3v) is 6.44. The molecule has 1 unspecified atom stereocenters. The van der Waals surface area contributed by atoms with Crippen molar-refractivity contribution in [3.8, 4) is 0 Å². The molecule has 0 bridgehead atoms. The summed E-state index contributed by atoms with van der Waals surface area (Å²) in [6.07, 6.45) is 7.68. The van der Waals surface area contributed by atoms with E-state index >= 15 is 0 Å². The minimum atomic E-state index is -0.389. The van der Waals surface area contributed by atoms with Crippen molar-refractivity contribution < 1.29 is 9.59 Å². The van der Waals surface area contributed by atoms with E-state index in [4.69, 9.17) is 0 Å². The molecule has 3 aromatic heterocycles. The lowest BCUT2D eigenvalue weighted by molar-refractivity contribution is -0.120. The van der Waals surface area contributed by atoms with Gasteiger partial charge in [0.1, 0.15) is 0 Å². The van der Waals surface area contributed by atoms with Gasteiger partial charge in [0.25, 0.3) is 0 Å². The Bertz CT molecular complexity index is 1120. The molecule has 5 rings (SSSR count). The second-order valence-electron chi connectivity index (χ2n) is 8.42. The summed E-state index contributed by atoms with van der Waals surface area (Å²) >= 11 is 0. The van der Waals surface area contributed by atoms with Crippen molar-refractivity contribution in [3.63, 3.8) is 0 Å². The summed E-state index contributed by atoms with van der Waals surface area (Å²) in [5, 5.41) is 6.76. The molecule has 166 valence electrons. The van der Waals surface area contributed by atoms with Crippen LogP contribution in [0.25, 0.3) is 5.52 Å². The summed E-state index contributed by atoms with van der Waals surface area (Å²) in [7, 11) is 0. The number of hydrogen-bond acceptors (Lipinski definition) is 6. The van der Waals surface area contributed by atoms with Crippen molar-refractivity contribution in [1.82, 2.24) is 29.7 Å². The largest absolute Gasteiger partial charge is 0.328 e. The molecular formula is C23H27N7O2. The molecule has 2 saturated heterocycles. The second kappa shape index (κ2) is 8.68. The van der Waals surface area contributed by atoms with Crippen LogP contribution >= 0.6 is 0 Å². The van der Waals surface area contributed by atoms with Crippen molar-refractivity contribution in [3.05, 3.63) is 60.2 Å². The van der Waals surface area contributed by atoms with Gasteiger partial charge in [0.05, 0.1) is 17.4 Å². The van der Waals surface area contributed by atoms with Crippen LogP contribution in [0.3, 0.4) is 0 Å². The standard InChI is InChI=1S/C23H27N7O2/c1-17(19-3-2-6-24-14-19)28-11-9-27(10-12-28)16-18-4-8-30-20(13-18)21(15-25-30)29-7-5-22(31)26-23(29)32/h2-4,6,8,13-15,17H,5,7,9-12,16H2,1H3,(H,26,31,32). The van der Waals surface area contributed by atoms with Crippen LogP contribution < -0.4 is 10.2 Å². The lowest BCUT2D eigenvalue weighted by Gasteiger charge is -2.38. The highest BCUT2D eigenvalue weighted by molar-refractivity contribution is 6.07. The van der Waals surface area contributed by atoms with E-state index in [1.807, 2.05) is 24.7 Å². The number of rotatable bonds is 5. The van der Waals surface area contributed by atoms with E-state index < -0.39 is 0 Å². The van der Waals surface area contributed by atoms with Crippen LogP contribution in [0.5, 0.6) is 0 Å². The third kappa shape index (κ3) is 4.09. The van der Waals surface area contributed by atoms with Crippen molar-refractivity contribution in [2.75, 3.05) is 37.6 Å². The van der Waals surface area contributed by atoms with Crippen LogP contribution in [0, 0.1) is 0 Å². The maximum Gasteiger partial charge on any atom is 0.328 e. The maximum atomic E-state index is 12.3. The topological polar surface area (TPSA) is 86.1 Å². The fourth-order valence-electron chi connectivity index (χ4n) is 4.51. The van der Waals surface area contributed by atoms with Crippen LogP contribution in [-0.2, 0) is 11.3 Å². The molecular weight excluding hydrogens is 406 g/mol. The fraction of sp³-hybridized carbons (Fsp3) is 0.391. The Labute approximate surface area is 186 Å². The molecule has 0 saturated carbocycles. The smallest absolute Gasteiger partial charge is 0.297 e.